The first-order valence-electron chi connectivity index (χ1n) is 12.5. The summed E-state index contributed by atoms with van der Waals surface area (Å²) in [7, 11) is -3.96. The van der Waals surface area contributed by atoms with Gasteiger partial charge in [0.05, 0.1) is 11.4 Å². The van der Waals surface area contributed by atoms with Crippen molar-refractivity contribution in [2.45, 2.75) is 45.6 Å². The highest BCUT2D eigenvalue weighted by Gasteiger charge is 2.29. The maximum atomic E-state index is 13.4. The van der Waals surface area contributed by atoms with Crippen LogP contribution in [0.4, 0.5) is 15.6 Å². The van der Waals surface area contributed by atoms with Gasteiger partial charge in [-0.2, -0.15) is 0 Å². The van der Waals surface area contributed by atoms with Crippen LogP contribution in [0.1, 0.15) is 41.7 Å². The molecule has 2 aromatic heterocycles. The van der Waals surface area contributed by atoms with Crippen molar-refractivity contribution in [3.63, 3.8) is 0 Å². The van der Waals surface area contributed by atoms with Gasteiger partial charge in [0, 0.05) is 28.3 Å². The van der Waals surface area contributed by atoms with Crippen LogP contribution in [-0.4, -0.2) is 30.2 Å². The number of rotatable bonds is 9. The number of nitrogens with zero attached hydrogens (tertiary/aromatic N) is 2. The Bertz CT molecular complexity index is 1570. The molecule has 4 aromatic rings. The van der Waals surface area contributed by atoms with Crippen LogP contribution in [0.15, 0.2) is 93.1 Å². The highest BCUT2D eigenvalue weighted by molar-refractivity contribution is 7.98. The van der Waals surface area contributed by atoms with Gasteiger partial charge in [-0.3, -0.25) is 10.1 Å². The second-order valence-electron chi connectivity index (χ2n) is 9.00. The number of benzene rings is 2. The summed E-state index contributed by atoms with van der Waals surface area (Å²) in [6, 6.07) is 20.6. The van der Waals surface area contributed by atoms with E-state index in [4.69, 9.17) is 0 Å². The molecular weight excluding hydrogens is 553 g/mol. The molecule has 11 heteroatoms. The third-order valence-electron chi connectivity index (χ3n) is 6.32. The number of pyridine rings is 1. The van der Waals surface area contributed by atoms with Crippen LogP contribution in [0.2, 0.25) is 0 Å². The maximum Gasteiger partial charge on any atom is 0.325 e. The number of hydrogen-bond donors (Lipinski definition) is 2. The third-order valence-corrected chi connectivity index (χ3v) is 10.6. The number of carbonyl (C=O) groups excluding carboxylic acids is 2. The Balaban J connectivity index is 1.38. The Morgan fingerprint density at radius 2 is 1.64 bits per heavy atom. The normalized spacial score (nSPS) is 13.7. The zero-order chi connectivity index (χ0) is 27.2. The van der Waals surface area contributed by atoms with Crippen molar-refractivity contribution < 1.29 is 18.0 Å². The zero-order valence-corrected chi connectivity index (χ0v) is 23.3. The summed E-state index contributed by atoms with van der Waals surface area (Å²) in [5, 5.41) is 5.45. The van der Waals surface area contributed by atoms with Crippen molar-refractivity contribution in [2.75, 3.05) is 10.6 Å². The Morgan fingerprint density at radius 3 is 2.38 bits per heavy atom. The standard InChI is InChI=1S/C28H26N4O4S3/c33-25(19-10-4-5-11-19)21-14-6-7-15-22(21)30-27(34)32-28-31-23(18-37-20-12-2-1-3-13-20)26(38-28)39(35,36)24-16-8-9-17-29-24/h1-3,6-9,12-17,19H,4-5,10-11,18H2,(H2,30,31,32,34). The summed E-state index contributed by atoms with van der Waals surface area (Å²) >= 11 is 2.32. The Kier molecular flexibility index (Phi) is 8.39. The zero-order valence-electron chi connectivity index (χ0n) is 20.9. The average molecular weight is 579 g/mol. The minimum atomic E-state index is -3.96. The fourth-order valence-corrected chi connectivity index (χ4v) is 8.19. The molecule has 5 rings (SSSR count). The molecule has 0 aliphatic heterocycles. The van der Waals surface area contributed by atoms with Crippen LogP contribution in [0.25, 0.3) is 0 Å². The van der Waals surface area contributed by atoms with Crippen molar-refractivity contribution in [3.8, 4) is 0 Å². The summed E-state index contributed by atoms with van der Waals surface area (Å²) in [4.78, 5) is 35.5. The third kappa shape index (κ3) is 6.38. The highest BCUT2D eigenvalue weighted by atomic mass is 32.2. The summed E-state index contributed by atoms with van der Waals surface area (Å²) < 4.78 is 26.9. The fraction of sp³-hybridized carbons (Fsp3) is 0.214. The number of thiazole rings is 1. The Hall–Kier alpha value is -3.54. The van der Waals surface area contributed by atoms with Crippen molar-refractivity contribution >= 4 is 55.6 Å². The number of urea groups is 1. The first-order chi connectivity index (χ1) is 18.9. The van der Waals surface area contributed by atoms with Crippen LogP contribution in [0.3, 0.4) is 0 Å². The largest absolute Gasteiger partial charge is 0.325 e. The van der Waals surface area contributed by atoms with Crippen LogP contribution >= 0.6 is 23.1 Å². The number of thioether (sulfide) groups is 1. The molecule has 0 unspecified atom stereocenters. The number of sulfone groups is 1. The maximum absolute atomic E-state index is 13.4. The van der Waals surface area contributed by atoms with E-state index in [1.54, 1.807) is 36.4 Å². The van der Waals surface area contributed by atoms with Crippen LogP contribution in [0, 0.1) is 5.92 Å². The number of hydrogen-bond acceptors (Lipinski definition) is 8. The number of amides is 2. The SMILES string of the molecule is O=C(Nc1nc(CSc2ccccc2)c(S(=O)(=O)c2ccccn2)s1)Nc1ccccc1C(=O)C1CCCC1. The van der Waals surface area contributed by atoms with Gasteiger partial charge in [0.2, 0.25) is 9.84 Å². The van der Waals surface area contributed by atoms with Gasteiger partial charge < -0.3 is 5.32 Å². The van der Waals surface area contributed by atoms with Gasteiger partial charge >= 0.3 is 6.03 Å². The lowest BCUT2D eigenvalue weighted by molar-refractivity contribution is 0.0923. The molecule has 0 radical (unpaired) electrons. The van der Waals surface area contributed by atoms with Gasteiger partial charge in [0.25, 0.3) is 0 Å². The van der Waals surface area contributed by atoms with Crippen molar-refractivity contribution in [1.82, 2.24) is 9.97 Å². The molecule has 2 heterocycles. The second kappa shape index (κ2) is 12.1. The molecule has 8 nitrogen and oxygen atoms in total. The number of para-hydroxylation sites is 1. The molecular formula is C28H26N4O4S3. The van der Waals surface area contributed by atoms with Gasteiger partial charge in [-0.15, -0.1) is 11.8 Å². The fourth-order valence-electron chi connectivity index (χ4n) is 4.43. The molecule has 2 amide bonds. The van der Waals surface area contributed by atoms with Crippen LogP contribution in [0.5, 0.6) is 0 Å². The molecule has 200 valence electrons. The number of carbonyl (C=O) groups is 2. The molecule has 0 atom stereocenters. The smallest absolute Gasteiger partial charge is 0.307 e. The van der Waals surface area contributed by atoms with E-state index in [0.717, 1.165) is 41.9 Å². The molecule has 1 aliphatic carbocycles. The minimum Gasteiger partial charge on any atom is -0.307 e. The molecule has 2 N–H and O–H groups in total. The van der Waals surface area contributed by atoms with E-state index in [1.807, 2.05) is 30.3 Å². The summed E-state index contributed by atoms with van der Waals surface area (Å²) in [6.45, 7) is 0. The number of anilines is 2. The molecule has 2 aromatic carbocycles. The number of ketones is 1. The molecule has 0 saturated heterocycles. The molecule has 1 aliphatic rings. The topological polar surface area (TPSA) is 118 Å². The Labute approximate surface area is 235 Å². The van der Waals surface area contributed by atoms with E-state index in [9.17, 15) is 18.0 Å². The Morgan fingerprint density at radius 1 is 0.923 bits per heavy atom. The predicted molar refractivity (Wildman–Crippen MR) is 153 cm³/mol. The number of nitrogens with one attached hydrogen (secondary N) is 2. The number of aromatic nitrogens is 2. The summed E-state index contributed by atoms with van der Waals surface area (Å²) in [5.74, 6) is 0.282. The van der Waals surface area contributed by atoms with E-state index in [-0.39, 0.29) is 31.8 Å². The first-order valence-corrected chi connectivity index (χ1v) is 15.8. The second-order valence-corrected chi connectivity index (χ2v) is 13.1. The minimum absolute atomic E-state index is 0.0248. The lowest BCUT2D eigenvalue weighted by Crippen LogP contribution is -2.22. The number of Topliss-reactive ketones (excluding diaryl/α,β-unsaturated/α-hetero) is 1. The van der Waals surface area contributed by atoms with Gasteiger partial charge in [-0.25, -0.2) is 23.2 Å². The quantitative estimate of drug-likeness (QED) is 0.168. The van der Waals surface area contributed by atoms with E-state index in [0.29, 0.717) is 16.9 Å². The molecule has 39 heavy (non-hydrogen) atoms. The monoisotopic (exact) mass is 578 g/mol. The van der Waals surface area contributed by atoms with Crippen molar-refractivity contribution in [1.29, 1.82) is 0 Å². The van der Waals surface area contributed by atoms with Gasteiger partial charge in [0.1, 0.15) is 0 Å². The lowest BCUT2D eigenvalue weighted by atomic mass is 9.95. The highest BCUT2D eigenvalue weighted by Crippen LogP contribution is 2.35. The van der Waals surface area contributed by atoms with Gasteiger partial charge in [-0.05, 0) is 49.2 Å². The van der Waals surface area contributed by atoms with E-state index in [2.05, 4.69) is 20.6 Å². The molecule has 0 spiro atoms. The van der Waals surface area contributed by atoms with Crippen molar-refractivity contribution in [2.24, 2.45) is 5.92 Å². The van der Waals surface area contributed by atoms with Crippen LogP contribution in [-0.2, 0) is 15.6 Å². The van der Waals surface area contributed by atoms with Crippen molar-refractivity contribution in [3.05, 3.63) is 90.3 Å². The average Bonchev–Trinajstić information content (AvgIpc) is 3.64. The predicted octanol–water partition coefficient (Wildman–Crippen LogP) is 6.68. The van der Waals surface area contributed by atoms with E-state index < -0.39 is 15.9 Å². The lowest BCUT2D eigenvalue weighted by Gasteiger charge is -2.13. The summed E-state index contributed by atoms with van der Waals surface area (Å²) in [6.07, 6.45) is 5.20. The van der Waals surface area contributed by atoms with Gasteiger partial charge in [-0.1, -0.05) is 60.6 Å². The first kappa shape index (κ1) is 27.0. The molecule has 0 bridgehead atoms. The molecule has 1 saturated carbocycles. The van der Waals surface area contributed by atoms with E-state index >= 15 is 0 Å². The summed E-state index contributed by atoms with van der Waals surface area (Å²) in [5.41, 5.74) is 1.20. The van der Waals surface area contributed by atoms with Crippen LogP contribution < -0.4 is 10.6 Å². The van der Waals surface area contributed by atoms with Gasteiger partial charge in [0.15, 0.2) is 20.1 Å². The van der Waals surface area contributed by atoms with E-state index in [1.165, 1.54) is 24.0 Å². The molecule has 1 fully saturated rings.